The minimum atomic E-state index is -3.92. The predicted octanol–water partition coefficient (Wildman–Crippen LogP) is 2.33. The van der Waals surface area contributed by atoms with Gasteiger partial charge in [0.05, 0.1) is 13.3 Å². The van der Waals surface area contributed by atoms with E-state index in [-0.39, 0.29) is 22.9 Å². The highest BCUT2D eigenvalue weighted by atomic mass is 32.2. The van der Waals surface area contributed by atoms with Crippen LogP contribution in [0.25, 0.3) is 0 Å². The fraction of sp³-hybridized carbons (Fsp3) is 0.214. The number of hydrogen-bond donors (Lipinski definition) is 0. The Bertz CT molecular complexity index is 788. The molecule has 23 heavy (non-hydrogen) atoms. The van der Waals surface area contributed by atoms with Crippen molar-refractivity contribution < 1.29 is 26.3 Å². The smallest absolute Gasteiger partial charge is 0.244 e. The van der Waals surface area contributed by atoms with Crippen LogP contribution >= 0.6 is 0 Å². The lowest BCUT2D eigenvalue weighted by molar-refractivity contribution is 0.396. The number of hydrogen-bond acceptors (Lipinski definition) is 4. The van der Waals surface area contributed by atoms with E-state index in [0.717, 1.165) is 22.6 Å². The van der Waals surface area contributed by atoms with Crippen LogP contribution in [-0.4, -0.2) is 31.9 Å². The number of rotatable bonds is 5. The molecule has 0 unspecified atom stereocenters. The first-order valence-electron chi connectivity index (χ1n) is 6.35. The Hall–Kier alpha value is -2.13. The summed E-state index contributed by atoms with van der Waals surface area (Å²) in [7, 11) is -1.30. The monoisotopic (exact) mass is 346 g/mol. The van der Waals surface area contributed by atoms with Gasteiger partial charge in [-0.25, -0.2) is 26.6 Å². The van der Waals surface area contributed by atoms with Crippen molar-refractivity contribution in [2.45, 2.75) is 11.4 Å². The Labute approximate surface area is 131 Å². The Morgan fingerprint density at radius 1 is 1.17 bits per heavy atom. The molecule has 9 heteroatoms. The molecule has 0 fully saturated rings. The van der Waals surface area contributed by atoms with Crippen LogP contribution in [-0.2, 0) is 16.6 Å². The van der Waals surface area contributed by atoms with Crippen LogP contribution in [0.2, 0.25) is 0 Å². The molecule has 5 nitrogen and oxygen atoms in total. The molecule has 0 amide bonds. The van der Waals surface area contributed by atoms with Crippen LogP contribution in [0.1, 0.15) is 5.56 Å². The summed E-state index contributed by atoms with van der Waals surface area (Å²) in [6.45, 7) is -0.331. The largest absolute Gasteiger partial charge is 0.481 e. The van der Waals surface area contributed by atoms with Crippen LogP contribution in [0.15, 0.2) is 35.4 Å². The van der Waals surface area contributed by atoms with Crippen molar-refractivity contribution in [3.63, 3.8) is 0 Å². The van der Waals surface area contributed by atoms with E-state index in [4.69, 9.17) is 4.74 Å². The zero-order chi connectivity index (χ0) is 17.2. The van der Waals surface area contributed by atoms with E-state index in [2.05, 4.69) is 4.98 Å². The molecular formula is C14H13F3N2O3S. The molecule has 0 spiro atoms. The summed E-state index contributed by atoms with van der Waals surface area (Å²) in [5.41, 5.74) is -0.0195. The first-order chi connectivity index (χ1) is 10.8. The molecule has 2 rings (SSSR count). The second kappa shape index (κ2) is 6.55. The van der Waals surface area contributed by atoms with Gasteiger partial charge in [-0.1, -0.05) is 0 Å². The maximum absolute atomic E-state index is 13.2. The van der Waals surface area contributed by atoms with Crippen molar-refractivity contribution in [1.82, 2.24) is 9.29 Å². The second-order valence-corrected chi connectivity index (χ2v) is 6.72. The van der Waals surface area contributed by atoms with Crippen molar-refractivity contribution in [3.8, 4) is 5.88 Å². The molecular weight excluding hydrogens is 333 g/mol. The number of benzene rings is 1. The first-order valence-corrected chi connectivity index (χ1v) is 7.79. The Kier molecular flexibility index (Phi) is 4.90. The molecule has 0 N–H and O–H groups in total. The molecule has 1 aromatic heterocycles. The third-order valence-electron chi connectivity index (χ3n) is 3.08. The van der Waals surface area contributed by atoms with Gasteiger partial charge in [0.1, 0.15) is 4.90 Å². The quantitative estimate of drug-likeness (QED) is 0.780. The summed E-state index contributed by atoms with van der Waals surface area (Å²) in [6, 6.07) is 4.16. The number of nitrogens with zero attached hydrogens (tertiary/aromatic N) is 2. The number of methoxy groups -OCH3 is 1. The third kappa shape index (κ3) is 3.62. The normalized spacial score (nSPS) is 11.7. The highest BCUT2D eigenvalue weighted by molar-refractivity contribution is 7.89. The molecule has 1 heterocycles. The van der Waals surface area contributed by atoms with Crippen LogP contribution in [0.5, 0.6) is 5.88 Å². The van der Waals surface area contributed by atoms with E-state index in [1.54, 1.807) is 0 Å². The average molecular weight is 346 g/mol. The molecule has 0 atom stereocenters. The molecule has 2 aromatic rings. The van der Waals surface area contributed by atoms with Gasteiger partial charge < -0.3 is 4.74 Å². The lowest BCUT2D eigenvalue weighted by atomic mass is 10.2. The number of sulfonamides is 1. The molecule has 0 bridgehead atoms. The molecule has 0 aliphatic rings. The van der Waals surface area contributed by atoms with Crippen LogP contribution in [0.4, 0.5) is 13.2 Å². The van der Waals surface area contributed by atoms with E-state index in [1.165, 1.54) is 26.3 Å². The Morgan fingerprint density at radius 2 is 1.78 bits per heavy atom. The van der Waals surface area contributed by atoms with Crippen LogP contribution < -0.4 is 4.74 Å². The third-order valence-corrected chi connectivity index (χ3v) is 4.86. The Morgan fingerprint density at radius 3 is 2.26 bits per heavy atom. The van der Waals surface area contributed by atoms with Crippen molar-refractivity contribution in [3.05, 3.63) is 53.5 Å². The zero-order valence-corrected chi connectivity index (χ0v) is 13.1. The molecule has 124 valence electrons. The van der Waals surface area contributed by atoms with Gasteiger partial charge in [0.15, 0.2) is 17.5 Å². The molecule has 0 radical (unpaired) electrons. The van der Waals surface area contributed by atoms with Gasteiger partial charge in [-0.05, 0) is 23.8 Å². The average Bonchev–Trinajstić information content (AvgIpc) is 2.52. The molecule has 1 aromatic carbocycles. The fourth-order valence-electron chi connectivity index (χ4n) is 1.86. The molecule has 0 saturated heterocycles. The van der Waals surface area contributed by atoms with Crippen LogP contribution in [0.3, 0.4) is 0 Å². The minimum absolute atomic E-state index is 0.0195. The standard InChI is InChI=1S/C14H13F3N2O3S/c1-19(8-9-5-11(15)14(17)12(16)6-9)23(20,21)10-3-4-13(22-2)18-7-10/h3-7H,8H2,1-2H3. The van der Waals surface area contributed by atoms with E-state index >= 15 is 0 Å². The minimum Gasteiger partial charge on any atom is -0.481 e. The summed E-state index contributed by atoms with van der Waals surface area (Å²) in [4.78, 5) is 3.69. The molecule has 0 aliphatic heterocycles. The summed E-state index contributed by atoms with van der Waals surface area (Å²) in [6.07, 6.45) is 1.11. The number of halogens is 3. The van der Waals surface area contributed by atoms with E-state index in [9.17, 15) is 21.6 Å². The van der Waals surface area contributed by atoms with E-state index in [1.807, 2.05) is 0 Å². The Balaban J connectivity index is 2.26. The van der Waals surface area contributed by atoms with Crippen LogP contribution in [0, 0.1) is 17.5 Å². The number of pyridine rings is 1. The van der Waals surface area contributed by atoms with Crippen molar-refractivity contribution in [2.75, 3.05) is 14.2 Å². The fourth-order valence-corrected chi connectivity index (χ4v) is 2.97. The van der Waals surface area contributed by atoms with E-state index in [0.29, 0.717) is 0 Å². The van der Waals surface area contributed by atoms with Gasteiger partial charge in [-0.3, -0.25) is 0 Å². The van der Waals surface area contributed by atoms with E-state index < -0.39 is 27.5 Å². The van der Waals surface area contributed by atoms with Gasteiger partial charge in [-0.15, -0.1) is 0 Å². The van der Waals surface area contributed by atoms with Crippen molar-refractivity contribution >= 4 is 10.0 Å². The summed E-state index contributed by atoms with van der Waals surface area (Å²) < 4.78 is 69.7. The highest BCUT2D eigenvalue weighted by Gasteiger charge is 2.22. The number of aromatic nitrogens is 1. The summed E-state index contributed by atoms with van der Waals surface area (Å²) in [5, 5.41) is 0. The van der Waals surface area contributed by atoms with Gasteiger partial charge in [0.25, 0.3) is 0 Å². The zero-order valence-electron chi connectivity index (χ0n) is 12.3. The topological polar surface area (TPSA) is 59.5 Å². The predicted molar refractivity (Wildman–Crippen MR) is 75.8 cm³/mol. The lowest BCUT2D eigenvalue weighted by Crippen LogP contribution is -2.26. The molecule has 0 aliphatic carbocycles. The first kappa shape index (κ1) is 17.2. The maximum Gasteiger partial charge on any atom is 0.244 e. The second-order valence-electron chi connectivity index (χ2n) is 4.67. The lowest BCUT2D eigenvalue weighted by Gasteiger charge is -2.17. The summed E-state index contributed by atoms with van der Waals surface area (Å²) >= 11 is 0. The van der Waals surface area contributed by atoms with Gasteiger partial charge in [0.2, 0.25) is 15.9 Å². The SMILES string of the molecule is COc1ccc(S(=O)(=O)N(C)Cc2cc(F)c(F)c(F)c2)cn1. The van der Waals surface area contributed by atoms with Crippen molar-refractivity contribution in [1.29, 1.82) is 0 Å². The summed E-state index contributed by atoms with van der Waals surface area (Å²) in [5.74, 6) is -4.11. The maximum atomic E-state index is 13.2. The van der Waals surface area contributed by atoms with Crippen molar-refractivity contribution in [2.24, 2.45) is 0 Å². The van der Waals surface area contributed by atoms with Gasteiger partial charge >= 0.3 is 0 Å². The van der Waals surface area contributed by atoms with Gasteiger partial charge in [-0.2, -0.15) is 4.31 Å². The number of ether oxygens (including phenoxy) is 1. The molecule has 0 saturated carbocycles. The van der Waals surface area contributed by atoms with Gasteiger partial charge in [0, 0.05) is 19.7 Å². The highest BCUT2D eigenvalue weighted by Crippen LogP contribution is 2.20.